The highest BCUT2D eigenvalue weighted by atomic mass is 35.5. The molecular formula is C16H15Cl2NO4S2. The summed E-state index contributed by atoms with van der Waals surface area (Å²) in [5.74, 6) is -1.50. The predicted octanol–water partition coefficient (Wildman–Crippen LogP) is 3.78. The van der Waals surface area contributed by atoms with Crippen molar-refractivity contribution in [3.05, 3.63) is 43.7 Å². The first kappa shape index (κ1) is 18.9. The van der Waals surface area contributed by atoms with E-state index >= 15 is 0 Å². The Morgan fingerprint density at radius 1 is 1.40 bits per heavy atom. The summed E-state index contributed by atoms with van der Waals surface area (Å²) in [6.45, 7) is 1.80. The lowest BCUT2D eigenvalue weighted by atomic mass is 9.90. The number of β-lactam (4-membered cyclic amide) rings is 1. The molecule has 2 aliphatic rings. The first-order valence-electron chi connectivity index (χ1n) is 7.57. The van der Waals surface area contributed by atoms with Crippen molar-refractivity contribution in [1.82, 2.24) is 4.90 Å². The van der Waals surface area contributed by atoms with Crippen LogP contribution < -0.4 is 0 Å². The van der Waals surface area contributed by atoms with Gasteiger partial charge in [-0.1, -0.05) is 48.0 Å². The maximum absolute atomic E-state index is 12.3. The van der Waals surface area contributed by atoms with E-state index in [4.69, 9.17) is 23.2 Å². The Balaban J connectivity index is 1.77. The van der Waals surface area contributed by atoms with Gasteiger partial charge in [0.15, 0.2) is 5.70 Å². The third kappa shape index (κ3) is 3.40. The number of thioether (sulfide) groups is 2. The maximum Gasteiger partial charge on any atom is 0.354 e. The second kappa shape index (κ2) is 7.40. The molecule has 0 aromatic heterocycles. The average Bonchev–Trinajstić information content (AvgIpc) is 2.90. The molecule has 1 fully saturated rings. The van der Waals surface area contributed by atoms with Gasteiger partial charge in [-0.05, 0) is 24.1 Å². The number of hydrogen-bond acceptors (Lipinski definition) is 5. The number of carboxylic acids is 1. The van der Waals surface area contributed by atoms with Gasteiger partial charge in [-0.25, -0.2) is 4.79 Å². The number of carboxylic acid groups (broad SMARTS) is 1. The van der Waals surface area contributed by atoms with Crippen LogP contribution in [0.2, 0.25) is 10.0 Å². The number of benzene rings is 1. The maximum atomic E-state index is 12.3. The third-order valence-corrected chi connectivity index (χ3v) is 7.60. The van der Waals surface area contributed by atoms with Crippen molar-refractivity contribution in [2.75, 3.05) is 0 Å². The Kier molecular flexibility index (Phi) is 5.60. The van der Waals surface area contributed by atoms with Crippen molar-refractivity contribution in [2.24, 2.45) is 5.92 Å². The topological polar surface area (TPSA) is 77.8 Å². The zero-order valence-electron chi connectivity index (χ0n) is 13.1. The van der Waals surface area contributed by atoms with E-state index in [0.717, 1.165) is 5.56 Å². The minimum absolute atomic E-state index is 0.00427. The molecule has 0 bridgehead atoms. The SMILES string of the molecule is CCC(O)C1C(=O)N2C(C(=O)O)=C(SCc3ccc(Cl)c(Cl)c3)SC12. The summed E-state index contributed by atoms with van der Waals surface area (Å²) in [7, 11) is 0. The summed E-state index contributed by atoms with van der Waals surface area (Å²) >= 11 is 14.6. The number of halogens is 2. The number of rotatable bonds is 6. The molecule has 3 atom stereocenters. The summed E-state index contributed by atoms with van der Waals surface area (Å²) in [4.78, 5) is 25.2. The number of amides is 1. The lowest BCUT2D eigenvalue weighted by Crippen LogP contribution is -2.61. The molecule has 2 heterocycles. The molecule has 134 valence electrons. The number of aliphatic hydroxyl groups is 1. The van der Waals surface area contributed by atoms with Gasteiger partial charge in [0.2, 0.25) is 5.91 Å². The molecule has 0 saturated carbocycles. The summed E-state index contributed by atoms with van der Waals surface area (Å²) < 4.78 is 0.572. The van der Waals surface area contributed by atoms with E-state index in [2.05, 4.69) is 0 Å². The quantitative estimate of drug-likeness (QED) is 0.682. The highest BCUT2D eigenvalue weighted by Gasteiger charge is 2.58. The van der Waals surface area contributed by atoms with E-state index in [1.807, 2.05) is 6.07 Å². The van der Waals surface area contributed by atoms with Gasteiger partial charge in [0, 0.05) is 5.75 Å². The summed E-state index contributed by atoms with van der Waals surface area (Å²) in [5.41, 5.74) is 0.910. The molecule has 0 aliphatic carbocycles. The average molecular weight is 420 g/mol. The van der Waals surface area contributed by atoms with Crippen molar-refractivity contribution < 1.29 is 19.8 Å². The predicted molar refractivity (Wildman–Crippen MR) is 100 cm³/mol. The summed E-state index contributed by atoms with van der Waals surface area (Å²) in [6, 6.07) is 5.26. The molecular weight excluding hydrogens is 405 g/mol. The van der Waals surface area contributed by atoms with Crippen LogP contribution in [0.5, 0.6) is 0 Å². The number of carbonyl (C=O) groups is 2. The molecule has 1 aromatic rings. The minimum Gasteiger partial charge on any atom is -0.477 e. The molecule has 25 heavy (non-hydrogen) atoms. The zero-order chi connectivity index (χ0) is 18.3. The monoisotopic (exact) mass is 419 g/mol. The summed E-state index contributed by atoms with van der Waals surface area (Å²) in [6.07, 6.45) is -0.300. The normalized spacial score (nSPS) is 23.5. The first-order chi connectivity index (χ1) is 11.8. The van der Waals surface area contributed by atoms with Crippen LogP contribution in [0.25, 0.3) is 0 Å². The Labute approximate surface area is 163 Å². The van der Waals surface area contributed by atoms with Crippen LogP contribution in [0.3, 0.4) is 0 Å². The third-order valence-electron chi connectivity index (χ3n) is 4.14. The van der Waals surface area contributed by atoms with E-state index in [1.54, 1.807) is 19.1 Å². The van der Waals surface area contributed by atoms with Crippen LogP contribution in [-0.4, -0.2) is 38.5 Å². The second-order valence-electron chi connectivity index (χ2n) is 5.70. The minimum atomic E-state index is -1.13. The molecule has 1 saturated heterocycles. The molecule has 3 rings (SSSR count). The fourth-order valence-corrected chi connectivity index (χ4v) is 5.93. The first-order valence-corrected chi connectivity index (χ1v) is 10.2. The van der Waals surface area contributed by atoms with Crippen LogP contribution in [0.4, 0.5) is 0 Å². The highest BCUT2D eigenvalue weighted by molar-refractivity contribution is 8.22. The van der Waals surface area contributed by atoms with Crippen LogP contribution in [-0.2, 0) is 15.3 Å². The van der Waals surface area contributed by atoms with Crippen molar-refractivity contribution >= 4 is 58.6 Å². The molecule has 2 N–H and O–H groups in total. The second-order valence-corrected chi connectivity index (χ2v) is 8.88. The lowest BCUT2D eigenvalue weighted by molar-refractivity contribution is -0.157. The lowest BCUT2D eigenvalue weighted by Gasteiger charge is -2.44. The number of hydrogen-bond donors (Lipinski definition) is 2. The Bertz CT molecular complexity index is 771. The highest BCUT2D eigenvalue weighted by Crippen LogP contribution is 2.54. The van der Waals surface area contributed by atoms with E-state index in [0.29, 0.717) is 26.5 Å². The van der Waals surface area contributed by atoms with E-state index in [1.165, 1.54) is 28.4 Å². The number of fused-ring (bicyclic) bond motifs is 1. The Morgan fingerprint density at radius 3 is 2.72 bits per heavy atom. The molecule has 0 spiro atoms. The van der Waals surface area contributed by atoms with Gasteiger partial charge in [0.05, 0.1) is 26.3 Å². The molecule has 5 nitrogen and oxygen atoms in total. The zero-order valence-corrected chi connectivity index (χ0v) is 16.3. The smallest absolute Gasteiger partial charge is 0.354 e. The van der Waals surface area contributed by atoms with Crippen molar-refractivity contribution in [1.29, 1.82) is 0 Å². The van der Waals surface area contributed by atoms with Gasteiger partial charge >= 0.3 is 5.97 Å². The van der Waals surface area contributed by atoms with Crippen molar-refractivity contribution in [3.63, 3.8) is 0 Å². The molecule has 1 aromatic carbocycles. The molecule has 2 aliphatic heterocycles. The van der Waals surface area contributed by atoms with Gasteiger partial charge in [-0.15, -0.1) is 11.8 Å². The number of aliphatic hydroxyl groups excluding tert-OH is 1. The van der Waals surface area contributed by atoms with Gasteiger partial charge in [0.25, 0.3) is 0 Å². The Morgan fingerprint density at radius 2 is 2.12 bits per heavy atom. The Hall–Kier alpha value is -0.860. The van der Waals surface area contributed by atoms with Crippen LogP contribution >= 0.6 is 46.7 Å². The van der Waals surface area contributed by atoms with Crippen molar-refractivity contribution in [3.8, 4) is 0 Å². The fourth-order valence-electron chi connectivity index (χ4n) is 2.79. The van der Waals surface area contributed by atoms with Crippen LogP contribution in [0.15, 0.2) is 28.1 Å². The number of carbonyl (C=O) groups excluding carboxylic acids is 1. The van der Waals surface area contributed by atoms with Gasteiger partial charge in [0.1, 0.15) is 5.37 Å². The fraction of sp³-hybridized carbons (Fsp3) is 0.375. The van der Waals surface area contributed by atoms with E-state index in [9.17, 15) is 19.8 Å². The van der Waals surface area contributed by atoms with Gasteiger partial charge < -0.3 is 10.2 Å². The van der Waals surface area contributed by atoms with Gasteiger partial charge in [-0.2, -0.15) is 0 Å². The number of aliphatic carboxylic acids is 1. The van der Waals surface area contributed by atoms with Gasteiger partial charge in [-0.3, -0.25) is 9.69 Å². The van der Waals surface area contributed by atoms with E-state index < -0.39 is 18.0 Å². The standard InChI is InChI=1S/C16H15Cl2NO4S2/c1-2-10(20)11-13(21)19-12(15(22)23)16(25-14(11)19)24-6-7-3-4-8(17)9(18)5-7/h3-5,10-11,14,20H,2,6H2,1H3,(H,22,23). The molecule has 1 amide bonds. The van der Waals surface area contributed by atoms with Crippen molar-refractivity contribution in [2.45, 2.75) is 30.6 Å². The molecule has 0 radical (unpaired) electrons. The van der Waals surface area contributed by atoms with Crippen LogP contribution in [0, 0.1) is 5.92 Å². The van der Waals surface area contributed by atoms with Crippen LogP contribution in [0.1, 0.15) is 18.9 Å². The van der Waals surface area contributed by atoms with E-state index in [-0.39, 0.29) is 17.0 Å². The molecule has 3 unspecified atom stereocenters. The molecule has 9 heteroatoms. The number of nitrogens with zero attached hydrogens (tertiary/aromatic N) is 1. The summed E-state index contributed by atoms with van der Waals surface area (Å²) in [5, 5.41) is 20.1. The largest absolute Gasteiger partial charge is 0.477 e.